The van der Waals surface area contributed by atoms with Gasteiger partial charge in [-0.2, -0.15) is 4.98 Å². The van der Waals surface area contributed by atoms with Gasteiger partial charge in [0.25, 0.3) is 5.89 Å². The molecule has 25 heavy (non-hydrogen) atoms. The molecule has 4 fully saturated rings. The molecular formula is C18H19ClN2O3S. The van der Waals surface area contributed by atoms with E-state index in [0.29, 0.717) is 23.6 Å². The second kappa shape index (κ2) is 5.55. The molecule has 132 valence electrons. The number of rotatable bonds is 4. The summed E-state index contributed by atoms with van der Waals surface area (Å²) < 4.78 is 10.8. The lowest BCUT2D eigenvalue weighted by molar-refractivity contribution is -0.172. The summed E-state index contributed by atoms with van der Waals surface area (Å²) in [7, 11) is 0. The maximum atomic E-state index is 12.9. The van der Waals surface area contributed by atoms with Gasteiger partial charge >= 0.3 is 5.97 Å². The molecule has 4 aliphatic rings. The Bertz CT molecular complexity index is 789. The molecule has 5 nitrogen and oxygen atoms in total. The van der Waals surface area contributed by atoms with Crippen LogP contribution < -0.4 is 0 Å². The van der Waals surface area contributed by atoms with Crippen LogP contribution in [-0.2, 0) is 16.1 Å². The van der Waals surface area contributed by atoms with Crippen molar-refractivity contribution in [1.82, 2.24) is 10.1 Å². The summed E-state index contributed by atoms with van der Waals surface area (Å²) in [5.41, 5.74) is -0.400. The molecule has 7 heteroatoms. The van der Waals surface area contributed by atoms with Gasteiger partial charge in [0.2, 0.25) is 5.82 Å². The zero-order chi connectivity index (χ0) is 17.1. The van der Waals surface area contributed by atoms with E-state index in [1.807, 2.05) is 17.5 Å². The first-order valence-corrected chi connectivity index (χ1v) is 10.0. The van der Waals surface area contributed by atoms with Crippen LogP contribution in [0.4, 0.5) is 0 Å². The SMILES string of the molecule is O=C(OCc1nc(-c2cccs2)no1)C12C[C@@H]3C[C@@H](CC(Cl)(C3)C1)C2. The van der Waals surface area contributed by atoms with Gasteiger partial charge in [-0.3, -0.25) is 4.79 Å². The maximum absolute atomic E-state index is 12.9. The fourth-order valence-electron chi connectivity index (χ4n) is 5.49. The highest BCUT2D eigenvalue weighted by Crippen LogP contribution is 2.64. The lowest BCUT2D eigenvalue weighted by Gasteiger charge is -2.58. The number of aromatic nitrogens is 2. The Morgan fingerprint density at radius 1 is 1.36 bits per heavy atom. The first kappa shape index (κ1) is 15.8. The van der Waals surface area contributed by atoms with Crippen LogP contribution in [0.25, 0.3) is 10.7 Å². The smallest absolute Gasteiger partial charge is 0.312 e. The Hall–Kier alpha value is -1.40. The van der Waals surface area contributed by atoms with Crippen LogP contribution in [-0.4, -0.2) is 21.0 Å². The standard InChI is InChI=1S/C18H19ClN2O3S/c19-18-7-11-4-12(8-18)6-17(5-11,10-18)16(22)23-9-14-20-15(21-24-14)13-2-1-3-25-13/h1-3,11-12H,4-10H2/t11-,12+,17?,18?. The highest BCUT2D eigenvalue weighted by atomic mass is 35.5. The topological polar surface area (TPSA) is 65.2 Å². The number of hydrogen-bond donors (Lipinski definition) is 0. The monoisotopic (exact) mass is 378 g/mol. The third-order valence-electron chi connectivity index (χ3n) is 5.96. The number of thiophene rings is 1. The third-order valence-corrected chi connectivity index (χ3v) is 7.27. The predicted molar refractivity (Wildman–Crippen MR) is 93.1 cm³/mol. The van der Waals surface area contributed by atoms with Gasteiger partial charge in [0, 0.05) is 4.87 Å². The molecule has 4 bridgehead atoms. The Balaban J connectivity index is 1.28. The first-order chi connectivity index (χ1) is 12.0. The third kappa shape index (κ3) is 2.70. The minimum atomic E-state index is -0.400. The van der Waals surface area contributed by atoms with E-state index in [-0.39, 0.29) is 17.5 Å². The van der Waals surface area contributed by atoms with Crippen molar-refractivity contribution in [2.75, 3.05) is 0 Å². The molecule has 0 amide bonds. The van der Waals surface area contributed by atoms with E-state index in [9.17, 15) is 4.79 Å². The van der Waals surface area contributed by atoms with Gasteiger partial charge in [-0.25, -0.2) is 0 Å². The van der Waals surface area contributed by atoms with Crippen LogP contribution in [0, 0.1) is 17.3 Å². The van der Waals surface area contributed by atoms with Gasteiger partial charge < -0.3 is 9.26 Å². The van der Waals surface area contributed by atoms with Gasteiger partial charge in [0.05, 0.1) is 10.3 Å². The highest BCUT2D eigenvalue weighted by molar-refractivity contribution is 7.13. The van der Waals surface area contributed by atoms with Crippen molar-refractivity contribution in [1.29, 1.82) is 0 Å². The van der Waals surface area contributed by atoms with Crippen LogP contribution in [0.15, 0.2) is 22.0 Å². The molecule has 6 rings (SSSR count). The minimum absolute atomic E-state index is 0.0313. The van der Waals surface area contributed by atoms with Gasteiger partial charge in [-0.15, -0.1) is 22.9 Å². The lowest BCUT2D eigenvalue weighted by Crippen LogP contribution is -2.56. The van der Waals surface area contributed by atoms with Crippen LogP contribution in [0.5, 0.6) is 0 Å². The number of esters is 1. The normalized spacial score (nSPS) is 35.9. The van der Waals surface area contributed by atoms with E-state index in [1.165, 1.54) is 6.42 Å². The van der Waals surface area contributed by atoms with Crippen molar-refractivity contribution >= 4 is 28.9 Å². The molecule has 0 aliphatic heterocycles. The molecule has 2 aromatic rings. The van der Waals surface area contributed by atoms with Gasteiger partial charge in [0.15, 0.2) is 6.61 Å². The number of carbonyl (C=O) groups is 1. The molecular weight excluding hydrogens is 360 g/mol. The summed E-state index contributed by atoms with van der Waals surface area (Å²) in [6.45, 7) is 0.0313. The number of ether oxygens (including phenoxy) is 1. The molecule has 4 aliphatic carbocycles. The van der Waals surface area contributed by atoms with Crippen LogP contribution in [0.2, 0.25) is 0 Å². The highest BCUT2D eigenvalue weighted by Gasteiger charge is 2.60. The number of nitrogens with zero attached hydrogens (tertiary/aromatic N) is 2. The molecule has 4 atom stereocenters. The second-order valence-electron chi connectivity index (χ2n) is 7.96. The van der Waals surface area contributed by atoms with E-state index in [0.717, 1.165) is 37.0 Å². The molecule has 0 saturated heterocycles. The van der Waals surface area contributed by atoms with Crippen molar-refractivity contribution in [3.05, 3.63) is 23.4 Å². The number of hydrogen-bond acceptors (Lipinski definition) is 6. The summed E-state index contributed by atoms with van der Waals surface area (Å²) in [5.74, 6) is 1.88. The Labute approximate surface area is 154 Å². The summed E-state index contributed by atoms with van der Waals surface area (Å²) in [4.78, 5) is 17.9. The van der Waals surface area contributed by atoms with Gasteiger partial charge in [0.1, 0.15) is 0 Å². The molecule has 0 aromatic carbocycles. The summed E-state index contributed by atoms with van der Waals surface area (Å²) in [6, 6.07) is 3.87. The number of halogens is 1. The molecule has 2 aromatic heterocycles. The number of alkyl halides is 1. The van der Waals surface area contributed by atoms with Gasteiger partial charge in [-0.1, -0.05) is 11.2 Å². The molecule has 0 radical (unpaired) electrons. The van der Waals surface area contributed by atoms with E-state index < -0.39 is 5.41 Å². The zero-order valence-electron chi connectivity index (χ0n) is 13.7. The average molecular weight is 379 g/mol. The largest absolute Gasteiger partial charge is 0.455 e. The molecule has 2 heterocycles. The summed E-state index contributed by atoms with van der Waals surface area (Å²) in [5, 5.41) is 5.91. The van der Waals surface area contributed by atoms with Crippen molar-refractivity contribution in [3.63, 3.8) is 0 Å². The summed E-state index contributed by atoms with van der Waals surface area (Å²) >= 11 is 8.34. The van der Waals surface area contributed by atoms with E-state index in [1.54, 1.807) is 11.3 Å². The fourth-order valence-corrected chi connectivity index (χ4v) is 6.83. The van der Waals surface area contributed by atoms with Crippen molar-refractivity contribution in [3.8, 4) is 10.7 Å². The Morgan fingerprint density at radius 2 is 2.16 bits per heavy atom. The van der Waals surface area contributed by atoms with E-state index in [4.69, 9.17) is 20.9 Å². The number of carbonyl (C=O) groups excluding carboxylic acids is 1. The summed E-state index contributed by atoms with van der Waals surface area (Å²) in [6.07, 6.45) is 5.90. The lowest BCUT2D eigenvalue weighted by atomic mass is 9.49. The zero-order valence-corrected chi connectivity index (χ0v) is 15.3. The quantitative estimate of drug-likeness (QED) is 0.582. The van der Waals surface area contributed by atoms with Crippen LogP contribution in [0.1, 0.15) is 44.4 Å². The van der Waals surface area contributed by atoms with E-state index >= 15 is 0 Å². The van der Waals surface area contributed by atoms with Gasteiger partial charge in [-0.05, 0) is 61.8 Å². The average Bonchev–Trinajstić information content (AvgIpc) is 3.21. The predicted octanol–water partition coefficient (Wildman–Crippen LogP) is 4.42. The van der Waals surface area contributed by atoms with Crippen molar-refractivity contribution in [2.24, 2.45) is 17.3 Å². The Kier molecular flexibility index (Phi) is 3.51. The van der Waals surface area contributed by atoms with E-state index in [2.05, 4.69) is 10.1 Å². The van der Waals surface area contributed by atoms with Crippen molar-refractivity contribution < 1.29 is 14.1 Å². The second-order valence-corrected chi connectivity index (χ2v) is 9.71. The van der Waals surface area contributed by atoms with Crippen LogP contribution in [0.3, 0.4) is 0 Å². The van der Waals surface area contributed by atoms with Crippen LogP contribution >= 0.6 is 22.9 Å². The molecule has 4 saturated carbocycles. The molecule has 2 unspecified atom stereocenters. The Morgan fingerprint density at radius 3 is 2.84 bits per heavy atom. The maximum Gasteiger partial charge on any atom is 0.312 e. The van der Waals surface area contributed by atoms with Crippen molar-refractivity contribution in [2.45, 2.75) is 50.0 Å². The first-order valence-electron chi connectivity index (χ1n) is 8.76. The molecule has 0 spiro atoms. The fraction of sp³-hybridized carbons (Fsp3) is 0.611. The minimum Gasteiger partial charge on any atom is -0.455 e. The molecule has 0 N–H and O–H groups in total.